The summed E-state index contributed by atoms with van der Waals surface area (Å²) in [6.07, 6.45) is 3.27. The number of hydrogen-bond acceptors (Lipinski definition) is 3. The second-order valence-corrected chi connectivity index (χ2v) is 6.79. The lowest BCUT2D eigenvalue weighted by atomic mass is 9.67. The first-order chi connectivity index (χ1) is 10.3. The van der Waals surface area contributed by atoms with Crippen molar-refractivity contribution in [3.05, 3.63) is 58.3 Å². The van der Waals surface area contributed by atoms with Gasteiger partial charge in [-0.1, -0.05) is 36.4 Å². The summed E-state index contributed by atoms with van der Waals surface area (Å²) in [5.41, 5.74) is 1.63. The van der Waals surface area contributed by atoms with Crippen molar-refractivity contribution in [2.45, 2.75) is 30.7 Å². The molecule has 1 atom stereocenters. The molecule has 0 saturated carbocycles. The Morgan fingerprint density at radius 1 is 1.14 bits per heavy atom. The summed E-state index contributed by atoms with van der Waals surface area (Å²) in [5.74, 6) is 0. The maximum atomic E-state index is 5.65. The molecule has 1 aromatic carbocycles. The van der Waals surface area contributed by atoms with Gasteiger partial charge in [0.05, 0.1) is 0 Å². The van der Waals surface area contributed by atoms with Crippen LogP contribution < -0.4 is 5.32 Å². The van der Waals surface area contributed by atoms with Crippen LogP contribution in [0.1, 0.15) is 23.3 Å². The van der Waals surface area contributed by atoms with E-state index in [0.29, 0.717) is 6.04 Å². The van der Waals surface area contributed by atoms with Gasteiger partial charge in [0.15, 0.2) is 0 Å². The summed E-state index contributed by atoms with van der Waals surface area (Å²) in [5, 5.41) is 5.77. The molecule has 0 bridgehead atoms. The maximum Gasteiger partial charge on any atom is 0.0475 e. The fourth-order valence-electron chi connectivity index (χ4n) is 3.55. The van der Waals surface area contributed by atoms with E-state index in [2.05, 4.69) is 60.2 Å². The first-order valence-corrected chi connectivity index (χ1v) is 8.56. The summed E-state index contributed by atoms with van der Waals surface area (Å²) >= 11 is 1.85. The Kier molecular flexibility index (Phi) is 4.73. The molecule has 0 radical (unpaired) electrons. The Balaban J connectivity index is 1.93. The Bertz CT molecular complexity index is 532. The standard InChI is InChI=1S/C18H23NOS/c1-19-17(14-16-8-5-13-21-16)18(9-11-20-12-10-18)15-6-3-2-4-7-15/h2-8,13,17,19H,9-12,14H2,1H3. The van der Waals surface area contributed by atoms with Gasteiger partial charge in [-0.3, -0.25) is 0 Å². The number of ether oxygens (including phenoxy) is 1. The number of hydrogen-bond donors (Lipinski definition) is 1. The molecule has 0 spiro atoms. The minimum absolute atomic E-state index is 0.179. The number of likely N-dealkylation sites (N-methyl/N-ethyl adjacent to an activating group) is 1. The van der Waals surface area contributed by atoms with E-state index in [4.69, 9.17) is 4.74 Å². The highest BCUT2D eigenvalue weighted by molar-refractivity contribution is 7.09. The molecule has 0 amide bonds. The first-order valence-electron chi connectivity index (χ1n) is 7.68. The Morgan fingerprint density at radius 2 is 1.90 bits per heavy atom. The summed E-state index contributed by atoms with van der Waals surface area (Å²) < 4.78 is 5.65. The lowest BCUT2D eigenvalue weighted by molar-refractivity contribution is 0.0356. The van der Waals surface area contributed by atoms with E-state index < -0.39 is 0 Å². The van der Waals surface area contributed by atoms with Gasteiger partial charge in [0, 0.05) is 29.5 Å². The van der Waals surface area contributed by atoms with Crippen molar-refractivity contribution in [3.63, 3.8) is 0 Å². The molecule has 2 aromatic rings. The Labute approximate surface area is 131 Å². The molecule has 1 saturated heterocycles. The zero-order valence-corrected chi connectivity index (χ0v) is 13.4. The van der Waals surface area contributed by atoms with E-state index in [-0.39, 0.29) is 5.41 Å². The van der Waals surface area contributed by atoms with Gasteiger partial charge in [-0.15, -0.1) is 11.3 Å². The van der Waals surface area contributed by atoms with Crippen LogP contribution in [-0.2, 0) is 16.6 Å². The third-order valence-electron chi connectivity index (χ3n) is 4.73. The molecule has 1 fully saturated rings. The third-order valence-corrected chi connectivity index (χ3v) is 5.63. The van der Waals surface area contributed by atoms with Gasteiger partial charge in [0.2, 0.25) is 0 Å². The average Bonchev–Trinajstić information content (AvgIpc) is 3.07. The minimum atomic E-state index is 0.179. The molecular formula is C18H23NOS. The highest BCUT2D eigenvalue weighted by Gasteiger charge is 2.41. The molecule has 0 aliphatic carbocycles. The Morgan fingerprint density at radius 3 is 2.52 bits per heavy atom. The lowest BCUT2D eigenvalue weighted by Crippen LogP contribution is -2.51. The lowest BCUT2D eigenvalue weighted by Gasteiger charge is -2.44. The fraction of sp³-hybridized carbons (Fsp3) is 0.444. The van der Waals surface area contributed by atoms with Crippen LogP contribution >= 0.6 is 11.3 Å². The third kappa shape index (κ3) is 3.05. The minimum Gasteiger partial charge on any atom is -0.381 e. The van der Waals surface area contributed by atoms with Crippen molar-refractivity contribution in [2.75, 3.05) is 20.3 Å². The largest absolute Gasteiger partial charge is 0.381 e. The van der Waals surface area contributed by atoms with Crippen LogP contribution in [0.5, 0.6) is 0 Å². The van der Waals surface area contributed by atoms with Crippen LogP contribution in [0.2, 0.25) is 0 Å². The summed E-state index contributed by atoms with van der Waals surface area (Å²) in [6.45, 7) is 1.72. The number of thiophene rings is 1. The SMILES string of the molecule is CNC(Cc1cccs1)C1(c2ccccc2)CCOCC1. The highest BCUT2D eigenvalue weighted by atomic mass is 32.1. The maximum absolute atomic E-state index is 5.65. The molecule has 3 rings (SSSR count). The van der Waals surface area contributed by atoms with E-state index in [1.807, 2.05) is 11.3 Å². The van der Waals surface area contributed by atoms with Gasteiger partial charge in [0.1, 0.15) is 0 Å². The average molecular weight is 301 g/mol. The molecule has 1 aliphatic heterocycles. The van der Waals surface area contributed by atoms with E-state index in [9.17, 15) is 0 Å². The second-order valence-electron chi connectivity index (χ2n) is 5.76. The quantitative estimate of drug-likeness (QED) is 0.910. The van der Waals surface area contributed by atoms with Crippen molar-refractivity contribution < 1.29 is 4.74 Å². The van der Waals surface area contributed by atoms with E-state index in [1.54, 1.807) is 0 Å². The normalized spacial score (nSPS) is 19.3. The molecule has 1 aliphatic rings. The summed E-state index contributed by atoms with van der Waals surface area (Å²) in [7, 11) is 2.10. The van der Waals surface area contributed by atoms with Crippen LogP contribution in [0.15, 0.2) is 47.8 Å². The van der Waals surface area contributed by atoms with Gasteiger partial charge in [-0.2, -0.15) is 0 Å². The number of benzene rings is 1. The molecule has 1 aromatic heterocycles. The van der Waals surface area contributed by atoms with E-state index >= 15 is 0 Å². The van der Waals surface area contributed by atoms with Crippen molar-refractivity contribution in [2.24, 2.45) is 0 Å². The highest BCUT2D eigenvalue weighted by Crippen LogP contribution is 2.39. The van der Waals surface area contributed by atoms with Crippen LogP contribution in [0.4, 0.5) is 0 Å². The molecule has 1 N–H and O–H groups in total. The summed E-state index contributed by atoms with van der Waals surface area (Å²) in [4.78, 5) is 1.45. The van der Waals surface area contributed by atoms with E-state index in [1.165, 1.54) is 10.4 Å². The van der Waals surface area contributed by atoms with Gasteiger partial charge in [-0.25, -0.2) is 0 Å². The molecule has 3 heteroatoms. The van der Waals surface area contributed by atoms with Crippen molar-refractivity contribution >= 4 is 11.3 Å². The van der Waals surface area contributed by atoms with Crippen LogP contribution in [0, 0.1) is 0 Å². The molecular weight excluding hydrogens is 278 g/mol. The van der Waals surface area contributed by atoms with Crippen LogP contribution in [0.3, 0.4) is 0 Å². The molecule has 1 unspecified atom stereocenters. The smallest absolute Gasteiger partial charge is 0.0475 e. The van der Waals surface area contributed by atoms with Gasteiger partial charge < -0.3 is 10.1 Å². The zero-order chi connectivity index (χ0) is 14.5. The van der Waals surface area contributed by atoms with Gasteiger partial charge in [-0.05, 0) is 43.3 Å². The van der Waals surface area contributed by atoms with Gasteiger partial charge in [0.25, 0.3) is 0 Å². The van der Waals surface area contributed by atoms with Crippen molar-refractivity contribution in [3.8, 4) is 0 Å². The van der Waals surface area contributed by atoms with E-state index in [0.717, 1.165) is 32.5 Å². The predicted octanol–water partition coefficient (Wildman–Crippen LogP) is 3.63. The molecule has 2 heterocycles. The topological polar surface area (TPSA) is 21.3 Å². The van der Waals surface area contributed by atoms with Crippen LogP contribution in [0.25, 0.3) is 0 Å². The monoisotopic (exact) mass is 301 g/mol. The van der Waals surface area contributed by atoms with Crippen LogP contribution in [-0.4, -0.2) is 26.3 Å². The van der Waals surface area contributed by atoms with Gasteiger partial charge >= 0.3 is 0 Å². The Hall–Kier alpha value is -1.16. The first kappa shape index (κ1) is 14.8. The number of nitrogens with one attached hydrogen (secondary N) is 1. The molecule has 2 nitrogen and oxygen atoms in total. The van der Waals surface area contributed by atoms with Crippen molar-refractivity contribution in [1.29, 1.82) is 0 Å². The zero-order valence-electron chi connectivity index (χ0n) is 12.5. The summed E-state index contributed by atoms with van der Waals surface area (Å²) in [6, 6.07) is 15.8. The second kappa shape index (κ2) is 6.73. The van der Waals surface area contributed by atoms with Crippen molar-refractivity contribution in [1.82, 2.24) is 5.32 Å². The molecule has 21 heavy (non-hydrogen) atoms. The fourth-order valence-corrected chi connectivity index (χ4v) is 4.30. The number of rotatable bonds is 5. The predicted molar refractivity (Wildman–Crippen MR) is 89.0 cm³/mol. The molecule has 112 valence electrons.